The molecule has 0 aliphatic carbocycles. The van der Waals surface area contributed by atoms with Crippen LogP contribution in [0, 0.1) is 0 Å². The molecule has 0 aromatic rings. The van der Waals surface area contributed by atoms with E-state index >= 15 is 0 Å². The van der Waals surface area contributed by atoms with Gasteiger partial charge in [0, 0.05) is 13.1 Å². The SMILES string of the molecule is CCC1(C)NC(=O)N(CC(=O)N2CCC(C)(O)CC2)C1=O. The number of hydrogen-bond donors (Lipinski definition) is 2. The molecular formula is C14H23N3O4. The number of carbonyl (C=O) groups is 3. The zero-order chi connectivity index (χ0) is 15.8. The average molecular weight is 297 g/mol. The molecule has 1 atom stereocenters. The second-order valence-corrected chi connectivity index (χ2v) is 6.38. The minimum Gasteiger partial charge on any atom is -0.390 e. The Kier molecular flexibility index (Phi) is 3.97. The highest BCUT2D eigenvalue weighted by molar-refractivity contribution is 6.08. The second kappa shape index (κ2) is 5.29. The van der Waals surface area contributed by atoms with Crippen molar-refractivity contribution in [2.75, 3.05) is 19.6 Å². The summed E-state index contributed by atoms with van der Waals surface area (Å²) in [6.45, 7) is 5.88. The van der Waals surface area contributed by atoms with Crippen LogP contribution in [0.25, 0.3) is 0 Å². The Morgan fingerprint density at radius 3 is 2.33 bits per heavy atom. The van der Waals surface area contributed by atoms with Gasteiger partial charge in [-0.25, -0.2) is 4.79 Å². The van der Waals surface area contributed by atoms with Crippen LogP contribution in [0.4, 0.5) is 4.79 Å². The number of nitrogens with zero attached hydrogens (tertiary/aromatic N) is 2. The Hall–Kier alpha value is -1.63. The average Bonchev–Trinajstić information content (AvgIpc) is 2.63. The number of likely N-dealkylation sites (tertiary alicyclic amines) is 1. The van der Waals surface area contributed by atoms with Crippen molar-refractivity contribution in [1.82, 2.24) is 15.1 Å². The quantitative estimate of drug-likeness (QED) is 0.722. The normalized spacial score (nSPS) is 28.8. The van der Waals surface area contributed by atoms with E-state index in [1.54, 1.807) is 18.7 Å². The number of imide groups is 1. The van der Waals surface area contributed by atoms with E-state index in [1.807, 2.05) is 6.92 Å². The van der Waals surface area contributed by atoms with Crippen LogP contribution in [-0.2, 0) is 9.59 Å². The summed E-state index contributed by atoms with van der Waals surface area (Å²) in [5.74, 6) is -0.610. The zero-order valence-corrected chi connectivity index (χ0v) is 12.8. The molecule has 7 heteroatoms. The number of rotatable bonds is 3. The molecule has 7 nitrogen and oxygen atoms in total. The van der Waals surface area contributed by atoms with Gasteiger partial charge in [-0.2, -0.15) is 0 Å². The monoisotopic (exact) mass is 297 g/mol. The minimum atomic E-state index is -0.914. The number of hydrogen-bond acceptors (Lipinski definition) is 4. The van der Waals surface area contributed by atoms with Crippen LogP contribution in [-0.4, -0.2) is 63.5 Å². The van der Waals surface area contributed by atoms with Crippen LogP contribution < -0.4 is 5.32 Å². The van der Waals surface area contributed by atoms with E-state index in [0.29, 0.717) is 32.4 Å². The van der Waals surface area contributed by atoms with E-state index in [0.717, 1.165) is 4.90 Å². The van der Waals surface area contributed by atoms with Crippen LogP contribution in [0.3, 0.4) is 0 Å². The number of aliphatic hydroxyl groups is 1. The fraction of sp³-hybridized carbons (Fsp3) is 0.786. The molecule has 0 spiro atoms. The molecule has 2 rings (SSSR count). The molecule has 0 radical (unpaired) electrons. The van der Waals surface area contributed by atoms with Crippen molar-refractivity contribution in [3.05, 3.63) is 0 Å². The first-order valence-corrected chi connectivity index (χ1v) is 7.33. The first-order chi connectivity index (χ1) is 9.68. The minimum absolute atomic E-state index is 0.234. The summed E-state index contributed by atoms with van der Waals surface area (Å²) in [4.78, 5) is 38.9. The van der Waals surface area contributed by atoms with Crippen molar-refractivity contribution in [2.24, 2.45) is 0 Å². The van der Waals surface area contributed by atoms with E-state index in [9.17, 15) is 19.5 Å². The van der Waals surface area contributed by atoms with Gasteiger partial charge in [-0.15, -0.1) is 0 Å². The molecule has 2 fully saturated rings. The third-order valence-electron chi connectivity index (χ3n) is 4.54. The lowest BCUT2D eigenvalue weighted by molar-refractivity contribution is -0.141. The predicted octanol–water partition coefficient (Wildman–Crippen LogP) is 0.0803. The van der Waals surface area contributed by atoms with Gasteiger partial charge in [0.05, 0.1) is 5.60 Å². The third kappa shape index (κ3) is 3.02. The Morgan fingerprint density at radius 1 is 1.29 bits per heavy atom. The fourth-order valence-electron chi connectivity index (χ4n) is 2.60. The van der Waals surface area contributed by atoms with Gasteiger partial charge >= 0.3 is 6.03 Å². The van der Waals surface area contributed by atoms with Crippen molar-refractivity contribution >= 4 is 17.8 Å². The lowest BCUT2D eigenvalue weighted by Crippen LogP contribution is -2.49. The highest BCUT2D eigenvalue weighted by Crippen LogP contribution is 2.23. The van der Waals surface area contributed by atoms with Gasteiger partial charge in [0.25, 0.3) is 5.91 Å². The molecule has 2 saturated heterocycles. The molecular weight excluding hydrogens is 274 g/mol. The predicted molar refractivity (Wildman–Crippen MR) is 75.4 cm³/mol. The van der Waals surface area contributed by atoms with Gasteiger partial charge in [-0.05, 0) is 33.1 Å². The first kappa shape index (κ1) is 15.8. The largest absolute Gasteiger partial charge is 0.390 e. The maximum atomic E-state index is 12.2. The van der Waals surface area contributed by atoms with Crippen LogP contribution in [0.1, 0.15) is 40.0 Å². The molecule has 21 heavy (non-hydrogen) atoms. The lowest BCUT2D eigenvalue weighted by atomic mass is 9.94. The van der Waals surface area contributed by atoms with E-state index < -0.39 is 17.2 Å². The van der Waals surface area contributed by atoms with Crippen LogP contribution in [0.15, 0.2) is 0 Å². The molecule has 0 aromatic carbocycles. The summed E-state index contributed by atoms with van der Waals surface area (Å²) in [7, 11) is 0. The van der Waals surface area contributed by atoms with Gasteiger partial charge in [-0.3, -0.25) is 14.5 Å². The van der Waals surface area contributed by atoms with Crippen LogP contribution >= 0.6 is 0 Å². The molecule has 1 unspecified atom stereocenters. The summed E-state index contributed by atoms with van der Waals surface area (Å²) < 4.78 is 0. The van der Waals surface area contributed by atoms with E-state index in [2.05, 4.69) is 5.32 Å². The summed E-state index contributed by atoms with van der Waals surface area (Å²) in [6, 6.07) is -0.512. The molecule has 4 amide bonds. The van der Waals surface area contributed by atoms with Crippen LogP contribution in [0.2, 0.25) is 0 Å². The molecule has 2 N–H and O–H groups in total. The maximum absolute atomic E-state index is 12.2. The Labute approximate surface area is 124 Å². The molecule has 2 aliphatic rings. The summed E-state index contributed by atoms with van der Waals surface area (Å²) in [5, 5.41) is 12.5. The number of nitrogens with one attached hydrogen (secondary N) is 1. The standard InChI is InChI=1S/C14H23N3O4/c1-4-14(3)11(19)17(12(20)15-14)9-10(18)16-7-5-13(2,21)6-8-16/h21H,4-9H2,1-3H3,(H,15,20). The van der Waals surface area contributed by atoms with Crippen molar-refractivity contribution in [1.29, 1.82) is 0 Å². The Bertz CT molecular complexity index is 467. The molecule has 2 heterocycles. The van der Waals surface area contributed by atoms with Gasteiger partial charge in [0.15, 0.2) is 0 Å². The van der Waals surface area contributed by atoms with Crippen molar-refractivity contribution in [2.45, 2.75) is 51.2 Å². The lowest BCUT2D eigenvalue weighted by Gasteiger charge is -2.36. The maximum Gasteiger partial charge on any atom is 0.325 e. The molecule has 118 valence electrons. The highest BCUT2D eigenvalue weighted by atomic mass is 16.3. The van der Waals surface area contributed by atoms with Gasteiger partial charge in [0.1, 0.15) is 12.1 Å². The summed E-state index contributed by atoms with van der Waals surface area (Å²) in [6.07, 6.45) is 1.49. The van der Waals surface area contributed by atoms with E-state index in [4.69, 9.17) is 0 Å². The van der Waals surface area contributed by atoms with Gasteiger partial charge < -0.3 is 15.3 Å². The van der Waals surface area contributed by atoms with Crippen molar-refractivity contribution in [3.8, 4) is 0 Å². The third-order valence-corrected chi connectivity index (χ3v) is 4.54. The number of amides is 4. The summed E-state index contributed by atoms with van der Waals surface area (Å²) in [5.41, 5.74) is -1.65. The topological polar surface area (TPSA) is 90.0 Å². The second-order valence-electron chi connectivity index (χ2n) is 6.38. The number of urea groups is 1. The van der Waals surface area contributed by atoms with E-state index in [-0.39, 0.29) is 18.4 Å². The Morgan fingerprint density at radius 2 is 1.86 bits per heavy atom. The fourth-order valence-corrected chi connectivity index (χ4v) is 2.60. The van der Waals surface area contributed by atoms with Crippen LogP contribution in [0.5, 0.6) is 0 Å². The first-order valence-electron chi connectivity index (χ1n) is 7.33. The molecule has 0 bridgehead atoms. The molecule has 2 aliphatic heterocycles. The molecule has 0 aromatic heterocycles. The van der Waals surface area contributed by atoms with Crippen molar-refractivity contribution < 1.29 is 19.5 Å². The van der Waals surface area contributed by atoms with Gasteiger partial charge in [-0.1, -0.05) is 6.92 Å². The number of piperidine rings is 1. The zero-order valence-electron chi connectivity index (χ0n) is 12.8. The van der Waals surface area contributed by atoms with Gasteiger partial charge in [0.2, 0.25) is 5.91 Å². The number of carbonyl (C=O) groups excluding carboxylic acids is 3. The van der Waals surface area contributed by atoms with Crippen molar-refractivity contribution in [3.63, 3.8) is 0 Å². The smallest absolute Gasteiger partial charge is 0.325 e. The molecule has 0 saturated carbocycles. The summed E-state index contributed by atoms with van der Waals surface area (Å²) >= 11 is 0. The Balaban J connectivity index is 1.98. The van der Waals surface area contributed by atoms with E-state index in [1.165, 1.54) is 0 Å². The highest BCUT2D eigenvalue weighted by Gasteiger charge is 2.47.